The molecule has 0 spiro atoms. The lowest BCUT2D eigenvalue weighted by Gasteiger charge is -2.37. The summed E-state index contributed by atoms with van der Waals surface area (Å²) in [6.45, 7) is 4.43. The number of Topliss-reactive ketones (excluding diaryl/α,β-unsaturated/α-hetero) is 1. The lowest BCUT2D eigenvalue weighted by Crippen LogP contribution is -2.45. The molecule has 1 aliphatic carbocycles. The van der Waals surface area contributed by atoms with Crippen molar-refractivity contribution in [2.24, 2.45) is 5.92 Å². The highest BCUT2D eigenvalue weighted by Gasteiger charge is 2.61. The summed E-state index contributed by atoms with van der Waals surface area (Å²) in [5.74, 6) is 2.35. The number of hydrogen-bond donors (Lipinski definition) is 0. The van der Waals surface area contributed by atoms with Crippen LogP contribution in [0.5, 0.6) is 0 Å². The topological polar surface area (TPSA) is 17.1 Å². The Bertz CT molecular complexity index is 253. The Kier molecular flexibility index (Phi) is 2.23. The first-order chi connectivity index (χ1) is 6.04. The summed E-state index contributed by atoms with van der Waals surface area (Å²) in [6, 6.07) is 0. The molecule has 3 atom stereocenters. The maximum Gasteiger partial charge on any atom is 0.150 e. The molecule has 2 aliphatic rings. The summed E-state index contributed by atoms with van der Waals surface area (Å²) >= 11 is 3.76. The van der Waals surface area contributed by atoms with E-state index in [2.05, 4.69) is 20.1 Å². The molecular weight excluding hydrogens is 200 g/mol. The Morgan fingerprint density at radius 3 is 2.85 bits per heavy atom. The molecule has 0 radical (unpaired) electrons. The van der Waals surface area contributed by atoms with Gasteiger partial charge in [0, 0.05) is 11.2 Å². The van der Waals surface area contributed by atoms with Crippen molar-refractivity contribution in [3.63, 3.8) is 0 Å². The van der Waals surface area contributed by atoms with E-state index in [9.17, 15) is 4.79 Å². The van der Waals surface area contributed by atoms with Crippen molar-refractivity contribution in [2.45, 2.75) is 36.2 Å². The highest BCUT2D eigenvalue weighted by molar-refractivity contribution is 8.05. The fraction of sp³-hybridized carbons (Fsp3) is 0.900. The third-order valence-electron chi connectivity index (χ3n) is 3.97. The zero-order valence-electron chi connectivity index (χ0n) is 8.42. The SMILES string of the molecule is CS[C@]1(C)C(=O)C[C@@H]2CCS[C@@]21C. The van der Waals surface area contributed by atoms with Gasteiger partial charge in [0.1, 0.15) is 5.78 Å². The van der Waals surface area contributed by atoms with E-state index >= 15 is 0 Å². The molecule has 1 saturated carbocycles. The van der Waals surface area contributed by atoms with Gasteiger partial charge in [0.05, 0.1) is 4.75 Å². The van der Waals surface area contributed by atoms with Gasteiger partial charge in [0.15, 0.2) is 0 Å². The van der Waals surface area contributed by atoms with Gasteiger partial charge in [-0.1, -0.05) is 0 Å². The lowest BCUT2D eigenvalue weighted by atomic mass is 9.89. The first-order valence-electron chi connectivity index (χ1n) is 4.77. The minimum atomic E-state index is -0.126. The Balaban J connectivity index is 2.40. The molecule has 1 heterocycles. The molecule has 1 saturated heterocycles. The van der Waals surface area contributed by atoms with Gasteiger partial charge >= 0.3 is 0 Å². The van der Waals surface area contributed by atoms with Crippen LogP contribution in [0.2, 0.25) is 0 Å². The Morgan fingerprint density at radius 2 is 2.23 bits per heavy atom. The van der Waals surface area contributed by atoms with Crippen molar-refractivity contribution >= 4 is 29.3 Å². The predicted octanol–water partition coefficient (Wildman–Crippen LogP) is 2.59. The van der Waals surface area contributed by atoms with Gasteiger partial charge in [-0.25, -0.2) is 0 Å². The van der Waals surface area contributed by atoms with Gasteiger partial charge in [0.2, 0.25) is 0 Å². The number of fused-ring (bicyclic) bond motifs is 1. The van der Waals surface area contributed by atoms with Crippen LogP contribution in [0.3, 0.4) is 0 Å². The number of carbonyl (C=O) groups is 1. The van der Waals surface area contributed by atoms with Crippen LogP contribution in [0.15, 0.2) is 0 Å². The van der Waals surface area contributed by atoms with Gasteiger partial charge in [0.25, 0.3) is 0 Å². The summed E-state index contributed by atoms with van der Waals surface area (Å²) in [7, 11) is 0. The largest absolute Gasteiger partial charge is 0.298 e. The van der Waals surface area contributed by atoms with Gasteiger partial charge in [-0.05, 0) is 38.2 Å². The molecule has 0 amide bonds. The van der Waals surface area contributed by atoms with Gasteiger partial charge < -0.3 is 0 Å². The summed E-state index contributed by atoms with van der Waals surface area (Å²) in [4.78, 5) is 11.9. The molecule has 0 aromatic rings. The van der Waals surface area contributed by atoms with Gasteiger partial charge in [-0.15, -0.1) is 11.8 Å². The number of thioether (sulfide) groups is 2. The first kappa shape index (κ1) is 9.91. The average Bonchev–Trinajstić information content (AvgIpc) is 2.54. The molecule has 3 heteroatoms. The predicted molar refractivity (Wildman–Crippen MR) is 60.5 cm³/mol. The summed E-state index contributed by atoms with van der Waals surface area (Å²) < 4.78 is 0.0856. The quantitative estimate of drug-likeness (QED) is 0.670. The standard InChI is InChI=1S/C10H16OS2/c1-9-7(4-5-13-9)6-8(11)10(9,2)12-3/h7H,4-6H2,1-3H3/t7-,9-,10+/m0/s1. The van der Waals surface area contributed by atoms with Crippen LogP contribution < -0.4 is 0 Å². The van der Waals surface area contributed by atoms with Gasteiger partial charge in [-0.3, -0.25) is 4.79 Å². The molecule has 0 bridgehead atoms. The maximum atomic E-state index is 11.9. The fourth-order valence-corrected chi connectivity index (χ4v) is 5.60. The van der Waals surface area contributed by atoms with Crippen LogP contribution in [-0.2, 0) is 4.79 Å². The molecule has 74 valence electrons. The fourth-order valence-electron chi connectivity index (χ4n) is 2.64. The van der Waals surface area contributed by atoms with Crippen LogP contribution >= 0.6 is 23.5 Å². The van der Waals surface area contributed by atoms with E-state index in [0.717, 1.165) is 6.42 Å². The van der Waals surface area contributed by atoms with Crippen molar-refractivity contribution in [2.75, 3.05) is 12.0 Å². The molecule has 0 aromatic heterocycles. The highest BCUT2D eigenvalue weighted by Crippen LogP contribution is 2.60. The lowest BCUT2D eigenvalue weighted by molar-refractivity contribution is -0.119. The van der Waals surface area contributed by atoms with Crippen LogP contribution in [-0.4, -0.2) is 27.3 Å². The Labute approximate surface area is 88.4 Å². The van der Waals surface area contributed by atoms with Crippen LogP contribution in [0.4, 0.5) is 0 Å². The molecule has 2 rings (SSSR count). The summed E-state index contributed by atoms with van der Waals surface area (Å²) in [5, 5.41) is 0. The molecule has 13 heavy (non-hydrogen) atoms. The molecular formula is C10H16OS2. The number of ketones is 1. The van der Waals surface area contributed by atoms with Crippen LogP contribution in [0, 0.1) is 5.92 Å². The third kappa shape index (κ3) is 1.06. The monoisotopic (exact) mass is 216 g/mol. The van der Waals surface area contributed by atoms with Crippen molar-refractivity contribution in [3.8, 4) is 0 Å². The zero-order valence-corrected chi connectivity index (χ0v) is 10.1. The van der Waals surface area contributed by atoms with Crippen molar-refractivity contribution in [1.29, 1.82) is 0 Å². The summed E-state index contributed by atoms with van der Waals surface area (Å²) in [6.07, 6.45) is 4.13. The molecule has 1 nitrogen and oxygen atoms in total. The second kappa shape index (κ2) is 2.93. The van der Waals surface area contributed by atoms with Crippen molar-refractivity contribution in [3.05, 3.63) is 0 Å². The number of carbonyl (C=O) groups excluding carboxylic acids is 1. The molecule has 1 aliphatic heterocycles. The normalized spacial score (nSPS) is 49.8. The Morgan fingerprint density at radius 1 is 1.54 bits per heavy atom. The molecule has 0 N–H and O–H groups in total. The number of hydrogen-bond acceptors (Lipinski definition) is 3. The third-order valence-corrected chi connectivity index (χ3v) is 7.35. The number of rotatable bonds is 1. The smallest absolute Gasteiger partial charge is 0.150 e. The molecule has 0 unspecified atom stereocenters. The first-order valence-corrected chi connectivity index (χ1v) is 6.98. The molecule has 0 aromatic carbocycles. The van der Waals surface area contributed by atoms with Crippen molar-refractivity contribution < 1.29 is 4.79 Å². The minimum absolute atomic E-state index is 0.126. The van der Waals surface area contributed by atoms with E-state index in [1.807, 2.05) is 11.8 Å². The van der Waals surface area contributed by atoms with Crippen LogP contribution in [0.25, 0.3) is 0 Å². The second-order valence-electron chi connectivity index (χ2n) is 4.31. The van der Waals surface area contributed by atoms with E-state index in [1.165, 1.54) is 12.2 Å². The zero-order chi connectivity index (χ0) is 9.69. The van der Waals surface area contributed by atoms with Gasteiger partial charge in [-0.2, -0.15) is 11.8 Å². The van der Waals surface area contributed by atoms with Crippen molar-refractivity contribution in [1.82, 2.24) is 0 Å². The van der Waals surface area contributed by atoms with E-state index < -0.39 is 0 Å². The van der Waals surface area contributed by atoms with E-state index in [-0.39, 0.29) is 9.49 Å². The average molecular weight is 216 g/mol. The molecule has 2 fully saturated rings. The van der Waals surface area contributed by atoms with E-state index in [1.54, 1.807) is 11.8 Å². The van der Waals surface area contributed by atoms with E-state index in [4.69, 9.17) is 0 Å². The second-order valence-corrected chi connectivity index (χ2v) is 7.08. The van der Waals surface area contributed by atoms with E-state index in [0.29, 0.717) is 11.7 Å². The summed E-state index contributed by atoms with van der Waals surface area (Å²) in [5.41, 5.74) is 0. The Hall–Kier alpha value is 0.370. The highest BCUT2D eigenvalue weighted by atomic mass is 32.2. The maximum absolute atomic E-state index is 11.9. The van der Waals surface area contributed by atoms with Crippen LogP contribution in [0.1, 0.15) is 26.7 Å². The minimum Gasteiger partial charge on any atom is -0.298 e.